The number of aryl methyl sites for hydroxylation is 1. The molecule has 1 saturated heterocycles. The van der Waals surface area contributed by atoms with Crippen LogP contribution in [0.4, 0.5) is 0 Å². The molecule has 388 valence electrons. The van der Waals surface area contributed by atoms with Crippen molar-refractivity contribution in [1.29, 1.82) is 0 Å². The Morgan fingerprint density at radius 3 is 1.93 bits per heavy atom. The molecule has 3 aromatic rings. The number of hydrogen-bond donors (Lipinski definition) is 0. The number of likely N-dealkylation sites (tertiary alicyclic amines) is 1. The van der Waals surface area contributed by atoms with Crippen LogP contribution in [0.2, 0.25) is 0 Å². The third kappa shape index (κ3) is 17.6. The Morgan fingerprint density at radius 2 is 1.40 bits per heavy atom. The Bertz CT molecular complexity index is 2070. The van der Waals surface area contributed by atoms with E-state index in [0.29, 0.717) is 37.9 Å². The van der Waals surface area contributed by atoms with Gasteiger partial charge in [0.2, 0.25) is 11.8 Å². The molecule has 9 atom stereocenters. The molecule has 2 aromatic carbocycles. The van der Waals surface area contributed by atoms with Crippen LogP contribution in [0.25, 0.3) is 0 Å². The van der Waals surface area contributed by atoms with E-state index in [1.165, 1.54) is 24.0 Å². The zero-order valence-electron chi connectivity index (χ0n) is 44.6. The van der Waals surface area contributed by atoms with Gasteiger partial charge in [-0.05, 0) is 61.0 Å². The van der Waals surface area contributed by atoms with Crippen molar-refractivity contribution in [2.75, 3.05) is 34.9 Å². The Labute approximate surface area is 424 Å². The van der Waals surface area contributed by atoms with Gasteiger partial charge in [-0.1, -0.05) is 129 Å². The van der Waals surface area contributed by atoms with Crippen molar-refractivity contribution >= 4 is 46.5 Å². The summed E-state index contributed by atoms with van der Waals surface area (Å²) in [6.45, 7) is 18.3. The van der Waals surface area contributed by atoms with Crippen molar-refractivity contribution in [2.24, 2.45) is 35.5 Å². The molecule has 1 aromatic heterocycles. The van der Waals surface area contributed by atoms with E-state index in [4.69, 9.17) is 14.5 Å². The van der Waals surface area contributed by atoms with E-state index in [2.05, 4.69) is 42.8 Å². The summed E-state index contributed by atoms with van der Waals surface area (Å²) in [4.78, 5) is 88.1. The zero-order valence-corrected chi connectivity index (χ0v) is 45.4. The summed E-state index contributed by atoms with van der Waals surface area (Å²) >= 11 is 1.44. The summed E-state index contributed by atoms with van der Waals surface area (Å²) in [5.41, 5.74) is 2.74. The summed E-state index contributed by atoms with van der Waals surface area (Å²) < 4.78 is 16.5. The lowest BCUT2D eigenvalue weighted by atomic mass is 9.82. The summed E-state index contributed by atoms with van der Waals surface area (Å²) in [6.07, 6.45) is 4.59. The van der Waals surface area contributed by atoms with Crippen molar-refractivity contribution in [2.45, 2.75) is 163 Å². The molecular formula is C57H85N3O9S. The average Bonchev–Trinajstić information content (AvgIpc) is 4.07. The van der Waals surface area contributed by atoms with E-state index in [9.17, 15) is 28.8 Å². The van der Waals surface area contributed by atoms with Gasteiger partial charge in [-0.15, -0.1) is 11.3 Å². The van der Waals surface area contributed by atoms with Crippen molar-refractivity contribution in [3.05, 3.63) is 87.9 Å². The summed E-state index contributed by atoms with van der Waals surface area (Å²) in [7, 11) is 6.38. The first-order valence-electron chi connectivity index (χ1n) is 25.6. The third-order valence-electron chi connectivity index (χ3n) is 14.6. The van der Waals surface area contributed by atoms with Crippen LogP contribution in [-0.2, 0) is 51.0 Å². The van der Waals surface area contributed by atoms with Gasteiger partial charge in [-0.25, -0.2) is 4.98 Å². The number of methoxy groups -OCH3 is 3. The number of benzene rings is 2. The molecule has 1 aliphatic heterocycles. The predicted molar refractivity (Wildman–Crippen MR) is 279 cm³/mol. The maximum Gasteiger partial charge on any atom is 0.305 e. The van der Waals surface area contributed by atoms with Crippen molar-refractivity contribution < 1.29 is 43.0 Å². The number of Topliss-reactive ketones (excluding diaryl/α,β-unsaturated/α-hetero) is 3. The molecular weight excluding hydrogens is 903 g/mol. The first kappa shape index (κ1) is 59.7. The Kier molecular flexibility index (Phi) is 25.9. The molecule has 1 fully saturated rings. The lowest BCUT2D eigenvalue weighted by molar-refractivity contribution is -0.149. The number of thiazole rings is 1. The number of aromatic nitrogens is 1. The highest BCUT2D eigenvalue weighted by Gasteiger charge is 2.43. The number of esters is 1. The number of amides is 2. The van der Waals surface area contributed by atoms with E-state index < -0.39 is 30.1 Å². The minimum absolute atomic E-state index is 0.00876. The van der Waals surface area contributed by atoms with E-state index in [-0.39, 0.29) is 90.0 Å². The molecule has 0 aliphatic carbocycles. The standard InChI is InChI=1S/C53H77N3O7S.C4H8O2/c1-12-36(6)50(55(9)53(61)42(35(4)5)31-47(59)37(7)34(2)3)48(62-10)32-49(60)56-28-20-26-44(56)51(63-11)38(8)46(58)30-41(29-40-23-17-14-18-24-40)52-54-43(33-64-52)45(57)27-19-25-39-21-15-13-16-22-39;1-3-4(5)6-2/h13-18,21-24,33-38,41-42,44,48,50-51H,12,19-20,25-32H2,1-11H3;3H2,1-2H3/t36-,37-,38-,41+,42-,44-,48+,50-,51+;/m0./s1. The van der Waals surface area contributed by atoms with Crippen LogP contribution >= 0.6 is 11.3 Å². The number of likely N-dealkylation sites (N-methyl/N-ethyl adjacent to an activating group) is 1. The minimum atomic E-state index is -0.589. The third-order valence-corrected chi connectivity index (χ3v) is 15.6. The van der Waals surface area contributed by atoms with Gasteiger partial charge in [0.15, 0.2) is 5.78 Å². The van der Waals surface area contributed by atoms with Gasteiger partial charge in [0.05, 0.1) is 42.8 Å². The van der Waals surface area contributed by atoms with Gasteiger partial charge in [-0.2, -0.15) is 0 Å². The van der Waals surface area contributed by atoms with E-state index >= 15 is 0 Å². The normalized spacial score (nSPS) is 17.1. The van der Waals surface area contributed by atoms with E-state index in [1.54, 1.807) is 33.1 Å². The zero-order chi connectivity index (χ0) is 52.1. The average molecular weight is 988 g/mol. The number of nitrogens with zero attached hydrogens (tertiary/aromatic N) is 3. The fourth-order valence-corrected chi connectivity index (χ4v) is 10.5. The largest absolute Gasteiger partial charge is 0.469 e. The fraction of sp³-hybridized carbons (Fsp3) is 0.632. The number of hydrogen-bond acceptors (Lipinski definition) is 11. The van der Waals surface area contributed by atoms with Crippen LogP contribution in [0.5, 0.6) is 0 Å². The van der Waals surface area contributed by atoms with Crippen LogP contribution in [0.3, 0.4) is 0 Å². The van der Waals surface area contributed by atoms with Gasteiger partial charge in [0.1, 0.15) is 17.3 Å². The van der Waals surface area contributed by atoms with Crippen LogP contribution < -0.4 is 0 Å². The highest BCUT2D eigenvalue weighted by atomic mass is 32.1. The Hall–Kier alpha value is -4.59. The Morgan fingerprint density at radius 1 is 0.786 bits per heavy atom. The smallest absolute Gasteiger partial charge is 0.305 e. The molecule has 0 radical (unpaired) electrons. The summed E-state index contributed by atoms with van der Waals surface area (Å²) in [5, 5.41) is 2.60. The number of carbonyl (C=O) groups is 6. The molecule has 0 spiro atoms. The second kappa shape index (κ2) is 30.3. The number of ketones is 3. The first-order valence-corrected chi connectivity index (χ1v) is 26.5. The molecule has 2 heterocycles. The quantitative estimate of drug-likeness (QED) is 0.0508. The van der Waals surface area contributed by atoms with Gasteiger partial charge in [-0.3, -0.25) is 28.8 Å². The molecule has 0 saturated carbocycles. The maximum absolute atomic E-state index is 14.5. The lowest BCUT2D eigenvalue weighted by Gasteiger charge is -2.41. The molecule has 13 heteroatoms. The van der Waals surface area contributed by atoms with Crippen LogP contribution in [0.1, 0.15) is 153 Å². The molecule has 2 amide bonds. The minimum Gasteiger partial charge on any atom is -0.469 e. The fourth-order valence-electron chi connectivity index (χ4n) is 9.53. The van der Waals surface area contributed by atoms with Crippen molar-refractivity contribution in [3.8, 4) is 0 Å². The predicted octanol–water partition coefficient (Wildman–Crippen LogP) is 10.6. The highest BCUT2D eigenvalue weighted by Crippen LogP contribution is 2.34. The van der Waals surface area contributed by atoms with Gasteiger partial charge < -0.3 is 24.0 Å². The molecule has 1 aliphatic rings. The molecule has 4 rings (SSSR count). The van der Waals surface area contributed by atoms with Crippen LogP contribution in [0, 0.1) is 35.5 Å². The van der Waals surface area contributed by atoms with Gasteiger partial charge in [0.25, 0.3) is 0 Å². The monoisotopic (exact) mass is 988 g/mol. The highest BCUT2D eigenvalue weighted by molar-refractivity contribution is 7.10. The number of ether oxygens (including phenoxy) is 3. The van der Waals surface area contributed by atoms with Crippen molar-refractivity contribution in [1.82, 2.24) is 14.8 Å². The summed E-state index contributed by atoms with van der Waals surface area (Å²) in [5.74, 6) is -1.47. The second-order valence-corrected chi connectivity index (χ2v) is 20.9. The summed E-state index contributed by atoms with van der Waals surface area (Å²) in [6, 6.07) is 19.5. The topological polar surface area (TPSA) is 149 Å². The Balaban J connectivity index is 0.00000202. The SMILES string of the molecule is CCC(=O)OC.CC[C@H](C)[C@@H]([C@@H](CC(=O)N1CCC[C@H]1[C@H](OC)[C@@H](C)C(=O)C[C@@H](Cc1ccccc1)c1nc(C(=O)CCCc2ccccc2)cs1)OC)N(C)C(=O)[C@@H](CC(=O)[C@@H](C)C(C)C)C(C)C. The molecule has 0 bridgehead atoms. The first-order chi connectivity index (χ1) is 33.3. The maximum atomic E-state index is 14.5. The van der Waals surface area contributed by atoms with Gasteiger partial charge in [0, 0.05) is 82.5 Å². The molecule has 70 heavy (non-hydrogen) atoms. The number of rotatable bonds is 28. The molecule has 12 nitrogen and oxygen atoms in total. The van der Waals surface area contributed by atoms with E-state index in [1.807, 2.05) is 88.2 Å². The van der Waals surface area contributed by atoms with Crippen molar-refractivity contribution in [3.63, 3.8) is 0 Å². The lowest BCUT2D eigenvalue weighted by Crippen LogP contribution is -2.54. The molecule has 0 N–H and O–H groups in total. The van der Waals surface area contributed by atoms with Gasteiger partial charge >= 0.3 is 5.97 Å². The molecule has 0 unspecified atom stereocenters. The van der Waals surface area contributed by atoms with E-state index in [0.717, 1.165) is 36.3 Å². The van der Waals surface area contributed by atoms with Crippen LogP contribution in [0.15, 0.2) is 66.0 Å². The second-order valence-electron chi connectivity index (χ2n) is 20.0. The number of carbonyl (C=O) groups excluding carboxylic acids is 6. The van der Waals surface area contributed by atoms with Crippen LogP contribution in [-0.4, -0.2) is 109 Å².